The number of rotatable bonds is 7. The minimum Gasteiger partial charge on any atom is -0.497 e. The van der Waals surface area contributed by atoms with Gasteiger partial charge in [0.1, 0.15) is 11.8 Å². The van der Waals surface area contributed by atoms with Crippen LogP contribution in [0, 0.1) is 0 Å². The lowest BCUT2D eigenvalue weighted by Crippen LogP contribution is -2.46. The lowest BCUT2D eigenvalue weighted by Gasteiger charge is -2.15. The molecule has 1 aromatic rings. The van der Waals surface area contributed by atoms with Gasteiger partial charge in [-0.25, -0.2) is 8.42 Å². The number of carbonyl (C=O) groups excluding carboxylic acids is 1. The molecule has 0 fully saturated rings. The van der Waals surface area contributed by atoms with Gasteiger partial charge in [0.2, 0.25) is 10.0 Å². The average Bonchev–Trinajstić information content (AvgIpc) is 2.45. The van der Waals surface area contributed by atoms with Crippen LogP contribution in [0.15, 0.2) is 29.2 Å². The Labute approximate surface area is 130 Å². The third-order valence-electron chi connectivity index (χ3n) is 2.47. The van der Waals surface area contributed by atoms with Gasteiger partial charge in [-0.05, 0) is 31.2 Å². The van der Waals surface area contributed by atoms with E-state index < -0.39 is 22.0 Å². The monoisotopic (exact) mass is 338 g/mol. The third-order valence-corrected chi connectivity index (χ3v) is 3.96. The van der Waals surface area contributed by atoms with E-state index in [0.717, 1.165) is 0 Å². The lowest BCUT2D eigenvalue weighted by molar-refractivity contribution is -0.144. The number of halogens is 1. The molecule has 0 aromatic heterocycles. The van der Waals surface area contributed by atoms with E-state index in [9.17, 15) is 13.2 Å². The molecule has 0 bridgehead atoms. The van der Waals surface area contributed by atoms with Crippen LogP contribution in [0.4, 0.5) is 0 Å². The van der Waals surface area contributed by atoms with E-state index in [-0.39, 0.29) is 30.5 Å². The average molecular weight is 339 g/mol. The van der Waals surface area contributed by atoms with Crippen molar-refractivity contribution in [2.75, 3.05) is 20.3 Å². The maximum absolute atomic E-state index is 12.1. The second kappa shape index (κ2) is 8.83. The fraction of sp³-hybridized carbons (Fsp3) is 0.417. The van der Waals surface area contributed by atoms with Crippen molar-refractivity contribution in [2.45, 2.75) is 17.9 Å². The molecule has 21 heavy (non-hydrogen) atoms. The highest BCUT2D eigenvalue weighted by Gasteiger charge is 2.25. The van der Waals surface area contributed by atoms with Gasteiger partial charge < -0.3 is 15.2 Å². The molecule has 0 saturated carbocycles. The third kappa shape index (κ3) is 5.50. The standard InChI is InChI=1S/C12H18N2O5S.ClH/c1-3-19-12(15)11(8-13)14-20(16,17)10-6-4-9(18-2)5-7-10;/h4-7,11,14H,3,8,13H2,1-2H3;1H/t11-;/m0./s1. The van der Waals surface area contributed by atoms with Crippen molar-refractivity contribution in [3.8, 4) is 5.75 Å². The molecule has 0 unspecified atom stereocenters. The number of sulfonamides is 1. The molecule has 1 atom stereocenters. The quantitative estimate of drug-likeness (QED) is 0.692. The topological polar surface area (TPSA) is 108 Å². The van der Waals surface area contributed by atoms with Gasteiger partial charge in [-0.15, -0.1) is 12.4 Å². The van der Waals surface area contributed by atoms with Crippen LogP contribution < -0.4 is 15.2 Å². The molecular weight excluding hydrogens is 320 g/mol. The highest BCUT2D eigenvalue weighted by Crippen LogP contribution is 2.15. The molecule has 0 saturated heterocycles. The van der Waals surface area contributed by atoms with Crippen LogP contribution >= 0.6 is 12.4 Å². The Morgan fingerprint density at radius 2 is 1.90 bits per heavy atom. The number of hydrogen-bond donors (Lipinski definition) is 2. The van der Waals surface area contributed by atoms with Crippen molar-refractivity contribution in [3.05, 3.63) is 24.3 Å². The molecule has 0 radical (unpaired) electrons. The fourth-order valence-electron chi connectivity index (χ4n) is 1.45. The van der Waals surface area contributed by atoms with E-state index in [1.807, 2.05) is 0 Å². The summed E-state index contributed by atoms with van der Waals surface area (Å²) >= 11 is 0. The predicted molar refractivity (Wildman–Crippen MR) is 80.0 cm³/mol. The first-order valence-corrected chi connectivity index (χ1v) is 7.46. The van der Waals surface area contributed by atoms with Crippen LogP contribution in [-0.2, 0) is 19.6 Å². The molecule has 1 aromatic carbocycles. The summed E-state index contributed by atoms with van der Waals surface area (Å²) < 4.78 is 36.1. The van der Waals surface area contributed by atoms with Gasteiger partial charge in [-0.1, -0.05) is 0 Å². The molecule has 120 valence electrons. The van der Waals surface area contributed by atoms with Crippen molar-refractivity contribution in [1.29, 1.82) is 0 Å². The Morgan fingerprint density at radius 3 is 2.33 bits per heavy atom. The van der Waals surface area contributed by atoms with Crippen LogP contribution in [0.1, 0.15) is 6.92 Å². The van der Waals surface area contributed by atoms with E-state index in [2.05, 4.69) is 4.72 Å². The Kier molecular flexibility index (Phi) is 8.26. The molecule has 7 nitrogen and oxygen atoms in total. The Bertz CT molecular complexity index is 547. The van der Waals surface area contributed by atoms with E-state index in [1.165, 1.54) is 31.4 Å². The van der Waals surface area contributed by atoms with E-state index in [1.54, 1.807) is 6.92 Å². The van der Waals surface area contributed by atoms with Crippen molar-refractivity contribution < 1.29 is 22.7 Å². The second-order valence-corrected chi connectivity index (χ2v) is 5.55. The summed E-state index contributed by atoms with van der Waals surface area (Å²) in [5.74, 6) is -0.170. The van der Waals surface area contributed by atoms with Crippen LogP contribution in [0.25, 0.3) is 0 Å². The second-order valence-electron chi connectivity index (χ2n) is 3.84. The Balaban J connectivity index is 0.00000400. The first kappa shape index (κ1) is 19.7. The van der Waals surface area contributed by atoms with Crippen LogP contribution in [0.3, 0.4) is 0 Å². The first-order chi connectivity index (χ1) is 9.44. The van der Waals surface area contributed by atoms with E-state index in [0.29, 0.717) is 5.75 Å². The van der Waals surface area contributed by atoms with Gasteiger partial charge in [0.25, 0.3) is 0 Å². The minimum absolute atomic E-state index is 0. The maximum Gasteiger partial charge on any atom is 0.325 e. The van der Waals surface area contributed by atoms with Crippen molar-refractivity contribution in [1.82, 2.24) is 4.72 Å². The van der Waals surface area contributed by atoms with Crippen molar-refractivity contribution >= 4 is 28.4 Å². The number of nitrogens with one attached hydrogen (secondary N) is 1. The largest absolute Gasteiger partial charge is 0.497 e. The normalized spacial score (nSPS) is 12.1. The molecule has 0 aliphatic rings. The highest BCUT2D eigenvalue weighted by molar-refractivity contribution is 7.89. The van der Waals surface area contributed by atoms with Gasteiger partial charge in [0.15, 0.2) is 0 Å². The molecule has 1 rings (SSSR count). The van der Waals surface area contributed by atoms with Crippen molar-refractivity contribution in [3.63, 3.8) is 0 Å². The summed E-state index contributed by atoms with van der Waals surface area (Å²) in [5.41, 5.74) is 5.39. The number of ether oxygens (including phenoxy) is 2. The number of nitrogens with two attached hydrogens (primary N) is 1. The number of hydrogen-bond acceptors (Lipinski definition) is 6. The number of carbonyl (C=O) groups is 1. The van der Waals surface area contributed by atoms with Gasteiger partial charge in [-0.2, -0.15) is 4.72 Å². The molecule has 0 heterocycles. The van der Waals surface area contributed by atoms with Gasteiger partial charge >= 0.3 is 5.97 Å². The number of methoxy groups -OCH3 is 1. The van der Waals surface area contributed by atoms with E-state index in [4.69, 9.17) is 15.2 Å². The van der Waals surface area contributed by atoms with Crippen molar-refractivity contribution in [2.24, 2.45) is 5.73 Å². The minimum atomic E-state index is -3.85. The summed E-state index contributed by atoms with van der Waals surface area (Å²) in [6.07, 6.45) is 0. The highest BCUT2D eigenvalue weighted by atomic mass is 35.5. The summed E-state index contributed by atoms with van der Waals surface area (Å²) in [7, 11) is -2.37. The summed E-state index contributed by atoms with van der Waals surface area (Å²) in [6, 6.07) is 4.66. The summed E-state index contributed by atoms with van der Waals surface area (Å²) in [5, 5.41) is 0. The zero-order valence-corrected chi connectivity index (χ0v) is 13.4. The van der Waals surface area contributed by atoms with Gasteiger partial charge in [-0.3, -0.25) is 4.79 Å². The molecule has 0 aliphatic carbocycles. The predicted octanol–water partition coefficient (Wildman–Crippen LogP) is 0.286. The van der Waals surface area contributed by atoms with Crippen LogP contribution in [0.5, 0.6) is 5.75 Å². The summed E-state index contributed by atoms with van der Waals surface area (Å²) in [4.78, 5) is 11.5. The number of esters is 1. The van der Waals surface area contributed by atoms with Gasteiger partial charge in [0.05, 0.1) is 18.6 Å². The zero-order chi connectivity index (χ0) is 15.2. The van der Waals surface area contributed by atoms with Crippen LogP contribution in [0.2, 0.25) is 0 Å². The Morgan fingerprint density at radius 1 is 1.33 bits per heavy atom. The molecule has 0 amide bonds. The first-order valence-electron chi connectivity index (χ1n) is 5.97. The maximum atomic E-state index is 12.1. The smallest absolute Gasteiger partial charge is 0.325 e. The SMILES string of the molecule is CCOC(=O)[C@H](CN)NS(=O)(=O)c1ccc(OC)cc1.Cl. The Hall–Kier alpha value is -1.35. The zero-order valence-electron chi connectivity index (χ0n) is 11.7. The fourth-order valence-corrected chi connectivity index (χ4v) is 2.64. The molecule has 0 aliphatic heterocycles. The van der Waals surface area contributed by atoms with E-state index >= 15 is 0 Å². The number of benzene rings is 1. The van der Waals surface area contributed by atoms with Crippen LogP contribution in [-0.4, -0.2) is 40.7 Å². The molecule has 0 spiro atoms. The molecular formula is C12H19ClN2O5S. The van der Waals surface area contributed by atoms with Gasteiger partial charge in [0, 0.05) is 6.54 Å². The summed E-state index contributed by atoms with van der Waals surface area (Å²) in [6.45, 7) is 1.59. The molecule has 3 N–H and O–H groups in total. The lowest BCUT2D eigenvalue weighted by atomic mass is 10.3. The molecule has 9 heteroatoms.